The number of non-ortho nitro benzene ring substituents is 1. The summed E-state index contributed by atoms with van der Waals surface area (Å²) < 4.78 is 32.7. The number of nitro groups is 1. The Balaban J connectivity index is 2.33. The third-order valence-corrected chi connectivity index (χ3v) is 4.96. The number of ether oxygens (including phenoxy) is 1. The van der Waals surface area contributed by atoms with E-state index in [9.17, 15) is 18.5 Å². The van der Waals surface area contributed by atoms with Gasteiger partial charge in [-0.1, -0.05) is 0 Å². The molecule has 0 bridgehead atoms. The van der Waals surface area contributed by atoms with Gasteiger partial charge in [0, 0.05) is 25.8 Å². The Bertz CT molecular complexity index is 646. The Kier molecular flexibility index (Phi) is 4.45. The van der Waals surface area contributed by atoms with E-state index in [-0.39, 0.29) is 28.4 Å². The van der Waals surface area contributed by atoms with Gasteiger partial charge in [0.15, 0.2) is 0 Å². The van der Waals surface area contributed by atoms with Crippen molar-refractivity contribution in [2.24, 2.45) is 0 Å². The van der Waals surface area contributed by atoms with Gasteiger partial charge < -0.3 is 10.1 Å². The number of rotatable bonds is 5. The van der Waals surface area contributed by atoms with Crippen molar-refractivity contribution in [1.82, 2.24) is 4.72 Å². The van der Waals surface area contributed by atoms with Crippen LogP contribution in [0.1, 0.15) is 13.3 Å². The van der Waals surface area contributed by atoms with E-state index in [2.05, 4.69) is 10.0 Å². The van der Waals surface area contributed by atoms with Crippen molar-refractivity contribution in [2.75, 3.05) is 19.0 Å². The minimum atomic E-state index is -3.78. The zero-order chi connectivity index (χ0) is 15.6. The summed E-state index contributed by atoms with van der Waals surface area (Å²) in [5.74, 6) is 0. The van der Waals surface area contributed by atoms with Crippen molar-refractivity contribution >= 4 is 21.4 Å². The first kappa shape index (κ1) is 15.7. The molecule has 2 unspecified atom stereocenters. The minimum Gasteiger partial charge on any atom is -0.387 e. The van der Waals surface area contributed by atoms with Gasteiger partial charge >= 0.3 is 0 Å². The molecular formula is C12H17N3O5S. The van der Waals surface area contributed by atoms with Crippen molar-refractivity contribution in [3.05, 3.63) is 28.3 Å². The van der Waals surface area contributed by atoms with Gasteiger partial charge in [-0.05, 0) is 19.4 Å². The molecule has 0 amide bonds. The molecule has 1 aromatic rings. The molecule has 0 saturated carbocycles. The summed E-state index contributed by atoms with van der Waals surface area (Å²) in [6.07, 6.45) is 0.401. The van der Waals surface area contributed by atoms with Gasteiger partial charge in [-0.3, -0.25) is 10.1 Å². The molecule has 21 heavy (non-hydrogen) atoms. The molecule has 2 atom stereocenters. The van der Waals surface area contributed by atoms with Crippen LogP contribution in [-0.4, -0.2) is 39.1 Å². The van der Waals surface area contributed by atoms with Crippen molar-refractivity contribution < 1.29 is 18.1 Å². The van der Waals surface area contributed by atoms with E-state index in [1.165, 1.54) is 25.2 Å². The summed E-state index contributed by atoms with van der Waals surface area (Å²) in [7, 11) is -2.26. The van der Waals surface area contributed by atoms with Crippen molar-refractivity contribution in [3.63, 3.8) is 0 Å². The third kappa shape index (κ3) is 3.31. The maximum absolute atomic E-state index is 12.4. The number of hydrogen-bond donors (Lipinski definition) is 2. The second kappa shape index (κ2) is 5.96. The van der Waals surface area contributed by atoms with Crippen LogP contribution in [0, 0.1) is 10.1 Å². The molecule has 2 rings (SSSR count). The first-order valence-corrected chi connectivity index (χ1v) is 7.93. The molecule has 116 valence electrons. The van der Waals surface area contributed by atoms with Gasteiger partial charge in [-0.25, -0.2) is 13.1 Å². The summed E-state index contributed by atoms with van der Waals surface area (Å²) in [4.78, 5) is 10.2. The van der Waals surface area contributed by atoms with E-state index in [0.29, 0.717) is 13.0 Å². The zero-order valence-electron chi connectivity index (χ0n) is 11.7. The summed E-state index contributed by atoms with van der Waals surface area (Å²) in [6.45, 7) is 2.31. The fourth-order valence-electron chi connectivity index (χ4n) is 2.21. The number of anilines is 1. The van der Waals surface area contributed by atoms with Crippen LogP contribution >= 0.6 is 0 Å². The highest BCUT2D eigenvalue weighted by atomic mass is 32.2. The number of nitrogens with one attached hydrogen (secondary N) is 2. The predicted molar refractivity (Wildman–Crippen MR) is 76.8 cm³/mol. The lowest BCUT2D eigenvalue weighted by atomic mass is 10.2. The van der Waals surface area contributed by atoms with Crippen molar-refractivity contribution in [3.8, 4) is 0 Å². The van der Waals surface area contributed by atoms with E-state index in [4.69, 9.17) is 4.74 Å². The molecule has 0 aromatic heterocycles. The molecular weight excluding hydrogens is 298 g/mol. The first-order chi connectivity index (χ1) is 9.85. The number of nitro benzene ring substituents is 1. The Morgan fingerprint density at radius 3 is 2.67 bits per heavy atom. The topological polar surface area (TPSA) is 111 Å². The molecule has 0 radical (unpaired) electrons. The van der Waals surface area contributed by atoms with Crippen molar-refractivity contribution in [2.45, 2.75) is 30.4 Å². The lowest BCUT2D eigenvalue weighted by molar-refractivity contribution is -0.384. The van der Waals surface area contributed by atoms with Crippen LogP contribution in [0.2, 0.25) is 0 Å². The summed E-state index contributed by atoms with van der Waals surface area (Å²) in [5.41, 5.74) is 0.0131. The molecule has 0 spiro atoms. The second-order valence-corrected chi connectivity index (χ2v) is 6.46. The lowest BCUT2D eigenvalue weighted by Crippen LogP contribution is -2.39. The Hall–Kier alpha value is -1.71. The molecule has 1 fully saturated rings. The number of benzene rings is 1. The normalized spacial score (nSPS) is 22.2. The lowest BCUT2D eigenvalue weighted by Gasteiger charge is -2.17. The highest BCUT2D eigenvalue weighted by Crippen LogP contribution is 2.27. The highest BCUT2D eigenvalue weighted by molar-refractivity contribution is 7.89. The van der Waals surface area contributed by atoms with Crippen LogP contribution in [0.4, 0.5) is 11.4 Å². The van der Waals surface area contributed by atoms with Gasteiger partial charge in [0.25, 0.3) is 5.69 Å². The van der Waals surface area contributed by atoms with Crippen LogP contribution in [0.15, 0.2) is 23.1 Å². The zero-order valence-corrected chi connectivity index (χ0v) is 12.5. The number of nitrogens with zero attached hydrogens (tertiary/aromatic N) is 1. The maximum Gasteiger partial charge on any atom is 0.271 e. The Morgan fingerprint density at radius 2 is 2.14 bits per heavy atom. The second-order valence-electron chi connectivity index (χ2n) is 4.78. The maximum atomic E-state index is 12.4. The van der Waals surface area contributed by atoms with Crippen LogP contribution < -0.4 is 10.0 Å². The molecule has 8 nitrogen and oxygen atoms in total. The molecule has 1 aromatic carbocycles. The van der Waals surface area contributed by atoms with E-state index in [0.717, 1.165) is 0 Å². The average Bonchev–Trinajstić information content (AvgIpc) is 2.82. The van der Waals surface area contributed by atoms with Gasteiger partial charge in [-0.15, -0.1) is 0 Å². The monoisotopic (exact) mass is 315 g/mol. The average molecular weight is 315 g/mol. The molecule has 0 aliphatic carbocycles. The fraction of sp³-hybridized carbons (Fsp3) is 0.500. The highest BCUT2D eigenvalue weighted by Gasteiger charge is 2.30. The fourth-order valence-corrected chi connectivity index (χ4v) is 3.74. The van der Waals surface area contributed by atoms with Gasteiger partial charge in [0.05, 0.1) is 22.8 Å². The van der Waals surface area contributed by atoms with E-state index < -0.39 is 14.9 Å². The van der Waals surface area contributed by atoms with Gasteiger partial charge in [0.2, 0.25) is 10.0 Å². The van der Waals surface area contributed by atoms with E-state index in [1.807, 2.05) is 0 Å². The largest absolute Gasteiger partial charge is 0.387 e. The molecule has 2 N–H and O–H groups in total. The van der Waals surface area contributed by atoms with E-state index >= 15 is 0 Å². The molecule has 1 heterocycles. The molecule has 9 heteroatoms. The SMILES string of the molecule is CNc1cc([N+](=O)[O-])ccc1S(=O)(=O)NC1CCOC1C. The number of sulfonamides is 1. The van der Waals surface area contributed by atoms with Crippen LogP contribution in [0.5, 0.6) is 0 Å². The third-order valence-electron chi connectivity index (χ3n) is 3.42. The van der Waals surface area contributed by atoms with Crippen LogP contribution in [0.25, 0.3) is 0 Å². The quantitative estimate of drug-likeness (QED) is 0.621. The smallest absolute Gasteiger partial charge is 0.271 e. The van der Waals surface area contributed by atoms with Gasteiger partial charge in [-0.2, -0.15) is 0 Å². The summed E-state index contributed by atoms with van der Waals surface area (Å²) in [5, 5.41) is 13.4. The molecule has 1 aliphatic rings. The number of hydrogen-bond acceptors (Lipinski definition) is 6. The van der Waals surface area contributed by atoms with Gasteiger partial charge in [0.1, 0.15) is 4.90 Å². The van der Waals surface area contributed by atoms with Crippen LogP contribution in [0.3, 0.4) is 0 Å². The standard InChI is InChI=1S/C12H17N3O5S/c1-8-10(5-6-20-8)14-21(18,19)12-4-3-9(15(16)17)7-11(12)13-2/h3-4,7-8,10,13-14H,5-6H2,1-2H3. The first-order valence-electron chi connectivity index (χ1n) is 6.45. The summed E-state index contributed by atoms with van der Waals surface area (Å²) in [6, 6.07) is 3.30. The molecule has 1 aliphatic heterocycles. The van der Waals surface area contributed by atoms with Crippen LogP contribution in [-0.2, 0) is 14.8 Å². The van der Waals surface area contributed by atoms with Crippen molar-refractivity contribution in [1.29, 1.82) is 0 Å². The summed E-state index contributed by atoms with van der Waals surface area (Å²) >= 11 is 0. The van der Waals surface area contributed by atoms with E-state index in [1.54, 1.807) is 6.92 Å². The molecule has 1 saturated heterocycles. The minimum absolute atomic E-state index is 0.0188. The predicted octanol–water partition coefficient (Wildman–Crippen LogP) is 1.09. The Labute approximate surface area is 122 Å². The Morgan fingerprint density at radius 1 is 1.43 bits per heavy atom.